The van der Waals surface area contributed by atoms with Gasteiger partial charge in [-0.1, -0.05) is 12.2 Å². The molecule has 0 aromatic carbocycles. The van der Waals surface area contributed by atoms with Gasteiger partial charge in [-0.15, -0.1) is 0 Å². The number of allylic oxidation sites excluding steroid dienone is 2. The van der Waals surface area contributed by atoms with E-state index in [0.29, 0.717) is 6.04 Å². The lowest BCUT2D eigenvalue weighted by Gasteiger charge is -2.04. The SMILES string of the molecule is CC1CC=CC=CN1. The second kappa shape index (κ2) is 2.55. The fourth-order valence-electron chi connectivity index (χ4n) is 0.705. The van der Waals surface area contributed by atoms with E-state index in [0.717, 1.165) is 6.42 Å². The molecule has 1 atom stereocenters. The topological polar surface area (TPSA) is 12.0 Å². The summed E-state index contributed by atoms with van der Waals surface area (Å²) in [5, 5.41) is 3.20. The predicted molar refractivity (Wildman–Crippen MR) is 35.5 cm³/mol. The zero-order valence-electron chi connectivity index (χ0n) is 5.09. The maximum absolute atomic E-state index is 3.20. The van der Waals surface area contributed by atoms with Gasteiger partial charge in [0.1, 0.15) is 0 Å². The second-order valence-electron chi connectivity index (χ2n) is 2.09. The van der Waals surface area contributed by atoms with E-state index in [9.17, 15) is 0 Å². The van der Waals surface area contributed by atoms with E-state index in [1.54, 1.807) is 0 Å². The van der Waals surface area contributed by atoms with E-state index in [1.165, 1.54) is 0 Å². The molecule has 0 radical (unpaired) electrons. The lowest BCUT2D eigenvalue weighted by molar-refractivity contribution is 0.653. The molecule has 0 aromatic rings. The molecule has 0 saturated carbocycles. The molecule has 1 N–H and O–H groups in total. The van der Waals surface area contributed by atoms with Gasteiger partial charge < -0.3 is 5.32 Å². The fraction of sp³-hybridized carbons (Fsp3) is 0.429. The van der Waals surface area contributed by atoms with Crippen molar-refractivity contribution in [3.05, 3.63) is 24.4 Å². The molecule has 0 amide bonds. The molecule has 1 aliphatic heterocycles. The van der Waals surface area contributed by atoms with Gasteiger partial charge in [-0.2, -0.15) is 0 Å². The van der Waals surface area contributed by atoms with Crippen molar-refractivity contribution in [2.24, 2.45) is 0 Å². The van der Waals surface area contributed by atoms with Crippen LogP contribution in [0.15, 0.2) is 24.4 Å². The lowest BCUT2D eigenvalue weighted by atomic mass is 10.2. The molecule has 0 aliphatic carbocycles. The van der Waals surface area contributed by atoms with Crippen molar-refractivity contribution in [2.75, 3.05) is 0 Å². The molecule has 0 aromatic heterocycles. The molecule has 0 spiro atoms. The van der Waals surface area contributed by atoms with Gasteiger partial charge in [0.05, 0.1) is 0 Å². The summed E-state index contributed by atoms with van der Waals surface area (Å²) in [4.78, 5) is 0. The smallest absolute Gasteiger partial charge is 0.0262 e. The monoisotopic (exact) mass is 109 g/mol. The minimum atomic E-state index is 0.602. The molecular weight excluding hydrogens is 98.1 g/mol. The molecule has 1 nitrogen and oxygen atoms in total. The van der Waals surface area contributed by atoms with Crippen LogP contribution >= 0.6 is 0 Å². The van der Waals surface area contributed by atoms with Crippen LogP contribution in [0, 0.1) is 0 Å². The highest BCUT2D eigenvalue weighted by molar-refractivity contribution is 5.05. The molecule has 0 fully saturated rings. The largest absolute Gasteiger partial charge is 0.388 e. The van der Waals surface area contributed by atoms with Gasteiger partial charge in [0.2, 0.25) is 0 Å². The van der Waals surface area contributed by atoms with Crippen LogP contribution in [-0.4, -0.2) is 6.04 Å². The van der Waals surface area contributed by atoms with Crippen molar-refractivity contribution < 1.29 is 0 Å². The van der Waals surface area contributed by atoms with E-state index >= 15 is 0 Å². The number of nitrogens with one attached hydrogen (secondary N) is 1. The molecule has 1 rings (SSSR count). The molecule has 1 unspecified atom stereocenters. The van der Waals surface area contributed by atoms with Gasteiger partial charge in [0.15, 0.2) is 0 Å². The summed E-state index contributed by atoms with van der Waals surface area (Å²) in [6, 6.07) is 0.602. The minimum Gasteiger partial charge on any atom is -0.388 e. The summed E-state index contributed by atoms with van der Waals surface area (Å²) in [5.41, 5.74) is 0. The van der Waals surface area contributed by atoms with Crippen LogP contribution in [0.1, 0.15) is 13.3 Å². The van der Waals surface area contributed by atoms with Crippen LogP contribution in [0.2, 0.25) is 0 Å². The van der Waals surface area contributed by atoms with E-state index in [1.807, 2.05) is 12.3 Å². The number of hydrogen-bond donors (Lipinski definition) is 1. The summed E-state index contributed by atoms with van der Waals surface area (Å²) in [7, 11) is 0. The van der Waals surface area contributed by atoms with E-state index in [4.69, 9.17) is 0 Å². The van der Waals surface area contributed by atoms with Crippen LogP contribution in [0.25, 0.3) is 0 Å². The van der Waals surface area contributed by atoms with E-state index < -0.39 is 0 Å². The number of rotatable bonds is 0. The molecular formula is C7H11N. The van der Waals surface area contributed by atoms with Crippen molar-refractivity contribution in [2.45, 2.75) is 19.4 Å². The first-order valence-corrected chi connectivity index (χ1v) is 2.97. The van der Waals surface area contributed by atoms with Crippen LogP contribution in [-0.2, 0) is 0 Å². The molecule has 1 aliphatic rings. The van der Waals surface area contributed by atoms with Gasteiger partial charge in [-0.25, -0.2) is 0 Å². The third kappa shape index (κ3) is 1.41. The highest BCUT2D eigenvalue weighted by atomic mass is 14.9. The quantitative estimate of drug-likeness (QED) is 0.496. The molecule has 1 heteroatoms. The van der Waals surface area contributed by atoms with Crippen molar-refractivity contribution in [1.82, 2.24) is 5.32 Å². The summed E-state index contributed by atoms with van der Waals surface area (Å²) in [6.45, 7) is 2.17. The Morgan fingerprint density at radius 1 is 1.50 bits per heavy atom. The second-order valence-corrected chi connectivity index (χ2v) is 2.09. The third-order valence-electron chi connectivity index (χ3n) is 1.21. The average molecular weight is 109 g/mol. The maximum atomic E-state index is 3.20. The fourth-order valence-corrected chi connectivity index (χ4v) is 0.705. The van der Waals surface area contributed by atoms with Crippen molar-refractivity contribution in [1.29, 1.82) is 0 Å². The highest BCUT2D eigenvalue weighted by Gasteiger charge is 1.93. The summed E-state index contributed by atoms with van der Waals surface area (Å²) >= 11 is 0. The molecule has 44 valence electrons. The molecule has 0 bridgehead atoms. The first-order valence-electron chi connectivity index (χ1n) is 2.97. The van der Waals surface area contributed by atoms with Crippen LogP contribution < -0.4 is 5.32 Å². The van der Waals surface area contributed by atoms with Gasteiger partial charge in [0, 0.05) is 6.04 Å². The van der Waals surface area contributed by atoms with Gasteiger partial charge in [0.25, 0.3) is 0 Å². The molecule has 0 saturated heterocycles. The standard InChI is InChI=1S/C7H11N/c1-7-5-3-2-4-6-8-7/h2-4,6-8H,5H2,1H3. The first-order chi connectivity index (χ1) is 3.89. The summed E-state index contributed by atoms with van der Waals surface area (Å²) in [6.07, 6.45) is 9.36. The molecule has 8 heavy (non-hydrogen) atoms. The van der Waals surface area contributed by atoms with E-state index in [2.05, 4.69) is 24.4 Å². The molecule has 1 heterocycles. The Morgan fingerprint density at radius 3 is 3.25 bits per heavy atom. The zero-order chi connectivity index (χ0) is 5.82. The van der Waals surface area contributed by atoms with Gasteiger partial charge >= 0.3 is 0 Å². The predicted octanol–water partition coefficient (Wildman–Crippen LogP) is 1.44. The Morgan fingerprint density at radius 2 is 2.38 bits per heavy atom. The van der Waals surface area contributed by atoms with Crippen LogP contribution in [0.3, 0.4) is 0 Å². The van der Waals surface area contributed by atoms with Gasteiger partial charge in [-0.3, -0.25) is 0 Å². The average Bonchev–Trinajstić information content (AvgIpc) is 1.94. The van der Waals surface area contributed by atoms with Gasteiger partial charge in [-0.05, 0) is 25.6 Å². The highest BCUT2D eigenvalue weighted by Crippen LogP contribution is 1.95. The van der Waals surface area contributed by atoms with Crippen molar-refractivity contribution >= 4 is 0 Å². The number of hydrogen-bond acceptors (Lipinski definition) is 1. The summed E-state index contributed by atoms with van der Waals surface area (Å²) in [5.74, 6) is 0. The Kier molecular flexibility index (Phi) is 1.73. The van der Waals surface area contributed by atoms with E-state index in [-0.39, 0.29) is 0 Å². The Bertz CT molecular complexity index is 99.6. The summed E-state index contributed by atoms with van der Waals surface area (Å²) < 4.78 is 0. The van der Waals surface area contributed by atoms with Crippen LogP contribution in [0.4, 0.5) is 0 Å². The Labute approximate surface area is 50.1 Å². The Balaban J connectivity index is 2.45. The van der Waals surface area contributed by atoms with Crippen molar-refractivity contribution in [3.63, 3.8) is 0 Å². The lowest BCUT2D eigenvalue weighted by Crippen LogP contribution is -2.17. The maximum Gasteiger partial charge on any atom is 0.0262 e. The zero-order valence-corrected chi connectivity index (χ0v) is 5.09. The normalized spacial score (nSPS) is 26.9. The first kappa shape index (κ1) is 5.42. The third-order valence-corrected chi connectivity index (χ3v) is 1.21. The van der Waals surface area contributed by atoms with Crippen LogP contribution in [0.5, 0.6) is 0 Å². The minimum absolute atomic E-state index is 0.602. The Hall–Kier alpha value is -0.720. The van der Waals surface area contributed by atoms with Crippen molar-refractivity contribution in [3.8, 4) is 0 Å².